The number of thiazole rings is 1. The zero-order valence-electron chi connectivity index (χ0n) is 11.1. The van der Waals surface area contributed by atoms with Crippen molar-refractivity contribution < 1.29 is 4.74 Å². The molecule has 3 heterocycles. The molecule has 0 radical (unpaired) electrons. The molecule has 0 saturated carbocycles. The van der Waals surface area contributed by atoms with E-state index in [1.165, 1.54) is 5.70 Å². The summed E-state index contributed by atoms with van der Waals surface area (Å²) in [4.78, 5) is 13.7. The number of rotatable bonds is 2. The van der Waals surface area contributed by atoms with E-state index >= 15 is 0 Å². The summed E-state index contributed by atoms with van der Waals surface area (Å²) in [5.74, 6) is 0.976. The second-order valence-corrected chi connectivity index (χ2v) is 5.83. The van der Waals surface area contributed by atoms with Crippen molar-refractivity contribution in [2.45, 2.75) is 12.5 Å². The number of aliphatic imine (C=N–C) groups is 1. The zero-order valence-corrected chi connectivity index (χ0v) is 11.9. The van der Waals surface area contributed by atoms with Crippen LogP contribution in [0.2, 0.25) is 0 Å². The van der Waals surface area contributed by atoms with Gasteiger partial charge in [0.25, 0.3) is 0 Å². The van der Waals surface area contributed by atoms with Gasteiger partial charge in [0, 0.05) is 18.5 Å². The van der Waals surface area contributed by atoms with Gasteiger partial charge in [0.1, 0.15) is 0 Å². The molecule has 1 saturated heterocycles. The third kappa shape index (κ3) is 2.05. The number of hydrogen-bond donors (Lipinski definition) is 0. The molecule has 1 aliphatic carbocycles. The van der Waals surface area contributed by atoms with Crippen molar-refractivity contribution >= 4 is 28.6 Å². The van der Waals surface area contributed by atoms with Gasteiger partial charge in [-0.3, -0.25) is 9.89 Å². The summed E-state index contributed by atoms with van der Waals surface area (Å²) in [7, 11) is 0. The van der Waals surface area contributed by atoms with Gasteiger partial charge in [-0.15, -0.1) is 11.3 Å². The monoisotopic (exact) mass is 288 g/mol. The lowest BCUT2D eigenvalue weighted by Gasteiger charge is -2.26. The van der Waals surface area contributed by atoms with Crippen molar-refractivity contribution in [3.63, 3.8) is 0 Å². The minimum absolute atomic E-state index is 0.272. The lowest BCUT2D eigenvalue weighted by molar-refractivity contribution is 0.122. The predicted molar refractivity (Wildman–Crippen MR) is 81.7 cm³/mol. The maximum atomic E-state index is 5.39. The summed E-state index contributed by atoms with van der Waals surface area (Å²) in [6.07, 6.45) is 9.29. The van der Waals surface area contributed by atoms with Crippen molar-refractivity contribution in [1.29, 1.82) is 0 Å². The van der Waals surface area contributed by atoms with Crippen LogP contribution < -0.4 is 9.80 Å². The minimum atomic E-state index is 0.272. The third-order valence-corrected chi connectivity index (χ3v) is 4.64. The minimum Gasteiger partial charge on any atom is -0.378 e. The fourth-order valence-electron chi connectivity index (χ4n) is 2.66. The maximum Gasteiger partial charge on any atom is 0.187 e. The van der Waals surface area contributed by atoms with Crippen LogP contribution >= 0.6 is 11.3 Å². The SMILES string of the molecule is C1=CCC2N=CN(c3csc(N4CCOCC4)n3)C2=C1. The summed E-state index contributed by atoms with van der Waals surface area (Å²) in [6, 6.07) is 0.272. The molecule has 1 aromatic rings. The number of anilines is 2. The van der Waals surface area contributed by atoms with Crippen LogP contribution in [-0.4, -0.2) is 43.7 Å². The molecule has 2 aliphatic heterocycles. The van der Waals surface area contributed by atoms with Gasteiger partial charge in [-0.2, -0.15) is 0 Å². The van der Waals surface area contributed by atoms with Crippen LogP contribution in [0.1, 0.15) is 6.42 Å². The Morgan fingerprint density at radius 3 is 3.10 bits per heavy atom. The first-order chi connectivity index (χ1) is 9.92. The number of nitrogens with zero attached hydrogens (tertiary/aromatic N) is 4. The molecule has 4 rings (SSSR count). The number of allylic oxidation sites excluding steroid dienone is 2. The van der Waals surface area contributed by atoms with Gasteiger partial charge in [-0.25, -0.2) is 4.98 Å². The van der Waals surface area contributed by atoms with E-state index in [9.17, 15) is 0 Å². The van der Waals surface area contributed by atoms with Gasteiger partial charge >= 0.3 is 0 Å². The normalized spacial score (nSPS) is 25.0. The second-order valence-electron chi connectivity index (χ2n) is 4.99. The molecule has 6 heteroatoms. The summed E-state index contributed by atoms with van der Waals surface area (Å²) >= 11 is 1.69. The molecule has 104 valence electrons. The average molecular weight is 288 g/mol. The first-order valence-electron chi connectivity index (χ1n) is 6.89. The highest BCUT2D eigenvalue weighted by molar-refractivity contribution is 7.14. The molecule has 0 amide bonds. The standard InChI is InChI=1S/C14H16N4OS/c1-2-4-12-11(3-1)15-10-18(12)13-9-20-14(16-13)17-5-7-19-8-6-17/h1-2,4,9-11H,3,5-8H2. The van der Waals surface area contributed by atoms with Gasteiger partial charge in [0.2, 0.25) is 0 Å². The van der Waals surface area contributed by atoms with E-state index in [1.54, 1.807) is 11.3 Å². The lowest BCUT2D eigenvalue weighted by atomic mass is 10.1. The Morgan fingerprint density at radius 2 is 2.20 bits per heavy atom. The predicted octanol–water partition coefficient (Wildman–Crippen LogP) is 2.04. The topological polar surface area (TPSA) is 41.0 Å². The van der Waals surface area contributed by atoms with Gasteiger partial charge in [-0.1, -0.05) is 12.2 Å². The zero-order chi connectivity index (χ0) is 13.4. The van der Waals surface area contributed by atoms with E-state index < -0.39 is 0 Å². The Hall–Kier alpha value is -1.66. The van der Waals surface area contributed by atoms with E-state index in [1.807, 2.05) is 6.34 Å². The van der Waals surface area contributed by atoms with Gasteiger partial charge < -0.3 is 9.64 Å². The molecule has 1 atom stereocenters. The number of aromatic nitrogens is 1. The van der Waals surface area contributed by atoms with Crippen LogP contribution in [0.25, 0.3) is 0 Å². The van der Waals surface area contributed by atoms with Crippen LogP contribution in [-0.2, 0) is 4.74 Å². The number of fused-ring (bicyclic) bond motifs is 1. The fourth-order valence-corrected chi connectivity index (χ4v) is 3.51. The van der Waals surface area contributed by atoms with E-state index in [0.717, 1.165) is 43.7 Å². The van der Waals surface area contributed by atoms with E-state index in [4.69, 9.17) is 9.72 Å². The number of morpholine rings is 1. The summed E-state index contributed by atoms with van der Waals surface area (Å²) in [5, 5.41) is 3.19. The van der Waals surface area contributed by atoms with Crippen molar-refractivity contribution in [2.75, 3.05) is 36.1 Å². The summed E-state index contributed by atoms with van der Waals surface area (Å²) < 4.78 is 5.39. The quantitative estimate of drug-likeness (QED) is 0.835. The molecule has 5 nitrogen and oxygen atoms in total. The molecule has 0 spiro atoms. The Morgan fingerprint density at radius 1 is 1.30 bits per heavy atom. The Labute approximate surface area is 121 Å². The molecule has 0 N–H and O–H groups in total. The first-order valence-corrected chi connectivity index (χ1v) is 7.77. The van der Waals surface area contributed by atoms with Crippen LogP contribution in [0.3, 0.4) is 0 Å². The highest BCUT2D eigenvalue weighted by Crippen LogP contribution is 2.32. The molecular formula is C14H16N4OS. The van der Waals surface area contributed by atoms with E-state index in [0.29, 0.717) is 0 Å². The van der Waals surface area contributed by atoms with Gasteiger partial charge in [-0.05, 0) is 12.5 Å². The third-order valence-electron chi connectivity index (χ3n) is 3.75. The number of hydrogen-bond acceptors (Lipinski definition) is 6. The van der Waals surface area contributed by atoms with Crippen molar-refractivity contribution in [2.24, 2.45) is 4.99 Å². The largest absolute Gasteiger partial charge is 0.378 e. The second kappa shape index (κ2) is 5.03. The molecule has 0 aromatic carbocycles. The lowest BCUT2D eigenvalue weighted by Crippen LogP contribution is -2.36. The first kappa shape index (κ1) is 12.1. The summed E-state index contributed by atoms with van der Waals surface area (Å²) in [6.45, 7) is 3.43. The van der Waals surface area contributed by atoms with Gasteiger partial charge in [0.05, 0.1) is 31.3 Å². The van der Waals surface area contributed by atoms with Crippen molar-refractivity contribution in [3.05, 3.63) is 29.3 Å². The van der Waals surface area contributed by atoms with Crippen molar-refractivity contribution in [3.8, 4) is 0 Å². The summed E-state index contributed by atoms with van der Waals surface area (Å²) in [5.41, 5.74) is 1.23. The number of ether oxygens (including phenoxy) is 1. The average Bonchev–Trinajstić information content (AvgIpc) is 3.14. The van der Waals surface area contributed by atoms with Gasteiger partial charge in [0.15, 0.2) is 10.9 Å². The molecule has 1 aromatic heterocycles. The van der Waals surface area contributed by atoms with Crippen molar-refractivity contribution in [1.82, 2.24) is 4.98 Å². The molecular weight excluding hydrogens is 272 g/mol. The molecule has 1 fully saturated rings. The van der Waals surface area contributed by atoms with Crippen LogP contribution in [0.5, 0.6) is 0 Å². The maximum absolute atomic E-state index is 5.39. The Balaban J connectivity index is 1.57. The van der Waals surface area contributed by atoms with Crippen LogP contribution in [0.4, 0.5) is 10.9 Å². The molecule has 0 bridgehead atoms. The van der Waals surface area contributed by atoms with E-state index in [-0.39, 0.29) is 6.04 Å². The highest BCUT2D eigenvalue weighted by atomic mass is 32.1. The Kier molecular flexibility index (Phi) is 3.05. The highest BCUT2D eigenvalue weighted by Gasteiger charge is 2.27. The molecule has 20 heavy (non-hydrogen) atoms. The van der Waals surface area contributed by atoms with E-state index in [2.05, 4.69) is 38.4 Å². The Bertz CT molecular complexity index is 586. The van der Waals surface area contributed by atoms with Crippen LogP contribution in [0.15, 0.2) is 34.3 Å². The molecule has 3 aliphatic rings. The molecule has 1 unspecified atom stereocenters. The smallest absolute Gasteiger partial charge is 0.187 e. The fraction of sp³-hybridized carbons (Fsp3) is 0.429. The van der Waals surface area contributed by atoms with Crippen LogP contribution in [0, 0.1) is 0 Å².